The third-order valence-electron chi connectivity index (χ3n) is 3.44. The molecule has 1 saturated heterocycles. The minimum Gasteiger partial charge on any atom is -0.325 e. The number of sulfonamides is 1. The highest BCUT2D eigenvalue weighted by Crippen LogP contribution is 2.14. The summed E-state index contributed by atoms with van der Waals surface area (Å²) in [7, 11) is -1.55. The highest BCUT2D eigenvalue weighted by Gasteiger charge is 2.28. The molecule has 0 atom stereocenters. The molecular formula is C13H19N3O4S. The molecule has 1 fully saturated rings. The number of hydrogen-bond acceptors (Lipinski definition) is 4. The van der Waals surface area contributed by atoms with Gasteiger partial charge in [-0.3, -0.25) is 9.59 Å². The normalized spacial score (nSPS) is 17.8. The second-order valence-electron chi connectivity index (χ2n) is 5.19. The van der Waals surface area contributed by atoms with Crippen LogP contribution < -0.4 is 10.9 Å². The number of carbonyl (C=O) groups is 1. The number of anilines is 1. The fourth-order valence-electron chi connectivity index (χ4n) is 2.34. The van der Waals surface area contributed by atoms with Crippen molar-refractivity contribution in [3.05, 3.63) is 28.2 Å². The standard InChI is InChI=1S/C13H19N3O4S/c1-10-8-11(9-15(2)13(10)18)14-12(17)4-6-16-5-3-7-21(16,19)20/h8-9H,3-7H2,1-2H3,(H,14,17). The van der Waals surface area contributed by atoms with Crippen molar-refractivity contribution in [1.82, 2.24) is 8.87 Å². The predicted octanol–water partition coefficient (Wildman–Crippen LogP) is 0.0578. The van der Waals surface area contributed by atoms with E-state index in [-0.39, 0.29) is 30.2 Å². The molecule has 116 valence electrons. The first kappa shape index (κ1) is 15.7. The lowest BCUT2D eigenvalue weighted by Gasteiger charge is -2.14. The Kier molecular flexibility index (Phi) is 4.48. The van der Waals surface area contributed by atoms with Gasteiger partial charge in [-0.2, -0.15) is 0 Å². The molecule has 0 aromatic carbocycles. The van der Waals surface area contributed by atoms with E-state index in [9.17, 15) is 18.0 Å². The van der Waals surface area contributed by atoms with Crippen LogP contribution in [0.4, 0.5) is 5.69 Å². The van der Waals surface area contributed by atoms with E-state index in [0.717, 1.165) is 0 Å². The van der Waals surface area contributed by atoms with Gasteiger partial charge in [0.1, 0.15) is 0 Å². The number of rotatable bonds is 4. The lowest BCUT2D eigenvalue weighted by Crippen LogP contribution is -2.29. The van der Waals surface area contributed by atoms with E-state index in [1.54, 1.807) is 26.2 Å². The molecule has 1 aliphatic rings. The maximum absolute atomic E-state index is 11.9. The van der Waals surface area contributed by atoms with Crippen molar-refractivity contribution >= 4 is 21.6 Å². The highest BCUT2D eigenvalue weighted by molar-refractivity contribution is 7.89. The Bertz CT molecular complexity index is 682. The Hall–Kier alpha value is -1.67. The second kappa shape index (κ2) is 5.98. The van der Waals surface area contributed by atoms with Crippen molar-refractivity contribution in [3.63, 3.8) is 0 Å². The van der Waals surface area contributed by atoms with Crippen LogP contribution in [-0.2, 0) is 21.9 Å². The SMILES string of the molecule is Cc1cc(NC(=O)CCN2CCCS2(=O)=O)cn(C)c1=O. The summed E-state index contributed by atoms with van der Waals surface area (Å²) >= 11 is 0. The van der Waals surface area contributed by atoms with Gasteiger partial charge in [-0.05, 0) is 19.4 Å². The lowest BCUT2D eigenvalue weighted by atomic mass is 10.2. The summed E-state index contributed by atoms with van der Waals surface area (Å²) in [5.74, 6) is -0.107. The van der Waals surface area contributed by atoms with Crippen molar-refractivity contribution < 1.29 is 13.2 Å². The minimum atomic E-state index is -3.17. The average Bonchev–Trinajstić information content (AvgIpc) is 2.72. The molecule has 0 unspecified atom stereocenters. The summed E-state index contributed by atoms with van der Waals surface area (Å²) in [4.78, 5) is 23.4. The van der Waals surface area contributed by atoms with Gasteiger partial charge < -0.3 is 9.88 Å². The van der Waals surface area contributed by atoms with E-state index in [1.165, 1.54) is 8.87 Å². The van der Waals surface area contributed by atoms with Crippen molar-refractivity contribution in [2.24, 2.45) is 7.05 Å². The van der Waals surface area contributed by atoms with Crippen LogP contribution in [0.25, 0.3) is 0 Å². The van der Waals surface area contributed by atoms with Crippen LogP contribution in [0.2, 0.25) is 0 Å². The molecule has 8 heteroatoms. The topological polar surface area (TPSA) is 88.5 Å². The first-order valence-electron chi connectivity index (χ1n) is 6.74. The molecule has 2 heterocycles. The van der Waals surface area contributed by atoms with Crippen molar-refractivity contribution in [2.45, 2.75) is 19.8 Å². The number of nitrogens with zero attached hydrogens (tertiary/aromatic N) is 2. The van der Waals surface area contributed by atoms with E-state index >= 15 is 0 Å². The minimum absolute atomic E-state index is 0.0983. The van der Waals surface area contributed by atoms with E-state index in [0.29, 0.717) is 24.2 Å². The molecule has 2 rings (SSSR count). The van der Waals surface area contributed by atoms with Crippen LogP contribution >= 0.6 is 0 Å². The fourth-order valence-corrected chi connectivity index (χ4v) is 3.87. The van der Waals surface area contributed by atoms with Gasteiger partial charge in [0, 0.05) is 38.3 Å². The number of aryl methyl sites for hydroxylation is 2. The van der Waals surface area contributed by atoms with Crippen molar-refractivity contribution in [3.8, 4) is 0 Å². The molecule has 1 aliphatic heterocycles. The van der Waals surface area contributed by atoms with Crippen LogP contribution in [-0.4, -0.2) is 42.0 Å². The summed E-state index contributed by atoms with van der Waals surface area (Å²) in [6.07, 6.45) is 2.25. The molecule has 21 heavy (non-hydrogen) atoms. The first-order valence-corrected chi connectivity index (χ1v) is 8.35. The van der Waals surface area contributed by atoms with E-state index in [2.05, 4.69) is 5.32 Å². The Morgan fingerprint density at radius 1 is 1.43 bits per heavy atom. The first-order chi connectivity index (χ1) is 9.79. The van der Waals surface area contributed by atoms with E-state index in [1.807, 2.05) is 0 Å². The molecule has 0 spiro atoms. The molecule has 0 radical (unpaired) electrons. The quantitative estimate of drug-likeness (QED) is 0.851. The largest absolute Gasteiger partial charge is 0.325 e. The zero-order chi connectivity index (χ0) is 15.6. The zero-order valence-electron chi connectivity index (χ0n) is 12.1. The third-order valence-corrected chi connectivity index (χ3v) is 5.39. The number of hydrogen-bond donors (Lipinski definition) is 1. The van der Waals surface area contributed by atoms with Crippen LogP contribution in [0.15, 0.2) is 17.1 Å². The molecule has 0 saturated carbocycles. The lowest BCUT2D eigenvalue weighted by molar-refractivity contribution is -0.116. The number of pyridine rings is 1. The van der Waals surface area contributed by atoms with Crippen LogP contribution in [0, 0.1) is 6.92 Å². The maximum atomic E-state index is 11.9. The van der Waals surface area contributed by atoms with Crippen molar-refractivity contribution in [2.75, 3.05) is 24.2 Å². The number of carbonyl (C=O) groups excluding carboxylic acids is 1. The Labute approximate surface area is 123 Å². The Balaban J connectivity index is 1.95. The van der Waals surface area contributed by atoms with Crippen LogP contribution in [0.1, 0.15) is 18.4 Å². The summed E-state index contributed by atoms with van der Waals surface area (Å²) in [5.41, 5.74) is 0.956. The third kappa shape index (κ3) is 3.70. The Morgan fingerprint density at radius 3 is 2.71 bits per heavy atom. The molecule has 7 nitrogen and oxygen atoms in total. The smallest absolute Gasteiger partial charge is 0.253 e. The van der Waals surface area contributed by atoms with Gasteiger partial charge >= 0.3 is 0 Å². The van der Waals surface area contributed by atoms with Crippen LogP contribution in [0.3, 0.4) is 0 Å². The number of aromatic nitrogens is 1. The molecule has 1 amide bonds. The molecule has 0 aliphatic carbocycles. The molecule has 0 bridgehead atoms. The average molecular weight is 313 g/mol. The van der Waals surface area contributed by atoms with Gasteiger partial charge in [-0.1, -0.05) is 0 Å². The monoisotopic (exact) mass is 313 g/mol. The van der Waals surface area contributed by atoms with Gasteiger partial charge in [0.15, 0.2) is 0 Å². The maximum Gasteiger partial charge on any atom is 0.253 e. The Morgan fingerprint density at radius 2 is 2.14 bits per heavy atom. The summed E-state index contributed by atoms with van der Waals surface area (Å²) < 4.78 is 26.0. The van der Waals surface area contributed by atoms with Gasteiger partial charge in [0.25, 0.3) is 5.56 Å². The predicted molar refractivity (Wildman–Crippen MR) is 79.6 cm³/mol. The van der Waals surface area contributed by atoms with Crippen molar-refractivity contribution in [1.29, 1.82) is 0 Å². The molecule has 1 aromatic rings. The molecule has 1 aromatic heterocycles. The zero-order valence-corrected chi connectivity index (χ0v) is 12.9. The molecular weight excluding hydrogens is 294 g/mol. The van der Waals surface area contributed by atoms with Gasteiger partial charge in [-0.25, -0.2) is 12.7 Å². The van der Waals surface area contributed by atoms with Crippen LogP contribution in [0.5, 0.6) is 0 Å². The van der Waals surface area contributed by atoms with E-state index in [4.69, 9.17) is 0 Å². The summed E-state index contributed by atoms with van der Waals surface area (Å²) in [5, 5.41) is 2.68. The number of nitrogens with one attached hydrogen (secondary N) is 1. The van der Waals surface area contributed by atoms with Gasteiger partial charge in [-0.15, -0.1) is 0 Å². The summed E-state index contributed by atoms with van der Waals surface area (Å²) in [6, 6.07) is 1.60. The fraction of sp³-hybridized carbons (Fsp3) is 0.538. The van der Waals surface area contributed by atoms with Gasteiger partial charge in [0.2, 0.25) is 15.9 Å². The van der Waals surface area contributed by atoms with E-state index < -0.39 is 10.0 Å². The molecule has 1 N–H and O–H groups in total. The summed E-state index contributed by atoms with van der Waals surface area (Å²) in [6.45, 7) is 2.35. The van der Waals surface area contributed by atoms with Gasteiger partial charge in [0.05, 0.1) is 11.4 Å². The second-order valence-corrected chi connectivity index (χ2v) is 7.28. The number of amides is 1. The highest BCUT2D eigenvalue weighted by atomic mass is 32.2.